The second-order valence-corrected chi connectivity index (χ2v) is 5.94. The monoisotopic (exact) mass is 307 g/mol. The molecule has 7 heteroatoms. The molecule has 2 aromatic heterocycles. The van der Waals surface area contributed by atoms with Gasteiger partial charge in [-0.3, -0.25) is 4.79 Å². The molecule has 0 aromatic carbocycles. The summed E-state index contributed by atoms with van der Waals surface area (Å²) < 4.78 is 9.96. The largest absolute Gasteiger partial charge is 0.377 e. The van der Waals surface area contributed by atoms with E-state index in [-0.39, 0.29) is 12.5 Å². The van der Waals surface area contributed by atoms with Crippen LogP contribution >= 0.6 is 11.3 Å². The number of ether oxygens (including phenoxy) is 1. The first kappa shape index (κ1) is 14.2. The number of nitrogens with one attached hydrogen (secondary N) is 1. The van der Waals surface area contributed by atoms with Crippen molar-refractivity contribution in [3.63, 3.8) is 0 Å². The Morgan fingerprint density at radius 2 is 2.33 bits per heavy atom. The van der Waals surface area contributed by atoms with Crippen molar-refractivity contribution in [1.82, 2.24) is 15.5 Å². The number of carbonyl (C=O) groups is 1. The van der Waals surface area contributed by atoms with E-state index < -0.39 is 0 Å². The molecule has 1 aliphatic carbocycles. The number of hydrogen-bond donors (Lipinski definition) is 1. The van der Waals surface area contributed by atoms with Crippen LogP contribution in [0, 0.1) is 0 Å². The van der Waals surface area contributed by atoms with Crippen LogP contribution in [0.1, 0.15) is 45.4 Å². The van der Waals surface area contributed by atoms with Crippen molar-refractivity contribution >= 4 is 17.2 Å². The third-order valence-corrected chi connectivity index (χ3v) is 4.58. The fraction of sp³-hybridized carbons (Fsp3) is 0.500. The number of aryl methyl sites for hydroxylation is 1. The van der Waals surface area contributed by atoms with Crippen LogP contribution in [0.4, 0.5) is 0 Å². The molecule has 1 amide bonds. The maximum Gasteiger partial charge on any atom is 0.252 e. The van der Waals surface area contributed by atoms with E-state index in [4.69, 9.17) is 9.26 Å². The molecule has 0 saturated carbocycles. The molecule has 0 saturated heterocycles. The SMILES string of the molecule is COCc1noc(CNC(=O)c2csc3c2CCCC3)n1. The third kappa shape index (κ3) is 3.14. The topological polar surface area (TPSA) is 77.3 Å². The molecule has 0 atom stereocenters. The number of rotatable bonds is 5. The summed E-state index contributed by atoms with van der Waals surface area (Å²) in [7, 11) is 1.57. The van der Waals surface area contributed by atoms with Gasteiger partial charge in [0.25, 0.3) is 5.91 Å². The lowest BCUT2D eigenvalue weighted by Crippen LogP contribution is -2.24. The normalized spacial score (nSPS) is 14.0. The van der Waals surface area contributed by atoms with Crippen LogP contribution in [0.15, 0.2) is 9.90 Å². The number of amides is 1. The van der Waals surface area contributed by atoms with Gasteiger partial charge in [-0.1, -0.05) is 5.16 Å². The number of nitrogens with zero attached hydrogens (tertiary/aromatic N) is 2. The molecule has 1 N–H and O–H groups in total. The Morgan fingerprint density at radius 3 is 3.19 bits per heavy atom. The highest BCUT2D eigenvalue weighted by Crippen LogP contribution is 2.30. The summed E-state index contributed by atoms with van der Waals surface area (Å²) in [6.07, 6.45) is 4.48. The van der Waals surface area contributed by atoms with Crippen molar-refractivity contribution in [3.05, 3.63) is 33.1 Å². The van der Waals surface area contributed by atoms with Gasteiger partial charge in [0.1, 0.15) is 6.61 Å². The van der Waals surface area contributed by atoms with E-state index in [1.165, 1.54) is 16.9 Å². The Hall–Kier alpha value is -1.73. The molecule has 0 radical (unpaired) electrons. The zero-order valence-corrected chi connectivity index (χ0v) is 12.7. The first-order valence-corrected chi connectivity index (χ1v) is 7.83. The van der Waals surface area contributed by atoms with Gasteiger partial charge in [-0.25, -0.2) is 0 Å². The molecule has 0 spiro atoms. The Labute approximate surface area is 126 Å². The summed E-state index contributed by atoms with van der Waals surface area (Å²) in [5, 5.41) is 8.55. The lowest BCUT2D eigenvalue weighted by atomic mass is 9.96. The number of hydrogen-bond acceptors (Lipinski definition) is 6. The lowest BCUT2D eigenvalue weighted by Gasteiger charge is -2.12. The zero-order valence-electron chi connectivity index (χ0n) is 11.8. The number of fused-ring (bicyclic) bond motifs is 1. The number of carbonyl (C=O) groups excluding carboxylic acids is 1. The summed E-state index contributed by atoms with van der Waals surface area (Å²) in [6, 6.07) is 0. The summed E-state index contributed by atoms with van der Waals surface area (Å²) >= 11 is 1.68. The quantitative estimate of drug-likeness (QED) is 0.915. The molecule has 1 aliphatic rings. The maximum absolute atomic E-state index is 12.3. The molecule has 6 nitrogen and oxygen atoms in total. The van der Waals surface area contributed by atoms with Crippen LogP contribution in [0.3, 0.4) is 0 Å². The van der Waals surface area contributed by atoms with Gasteiger partial charge in [0.15, 0.2) is 5.82 Å². The van der Waals surface area contributed by atoms with Crippen LogP contribution < -0.4 is 5.32 Å². The first-order chi connectivity index (χ1) is 10.3. The Morgan fingerprint density at radius 1 is 1.48 bits per heavy atom. The fourth-order valence-electron chi connectivity index (χ4n) is 2.49. The minimum atomic E-state index is -0.0686. The van der Waals surface area contributed by atoms with Crippen LogP contribution in [-0.4, -0.2) is 23.2 Å². The summed E-state index contributed by atoms with van der Waals surface area (Å²) in [5.74, 6) is 0.801. The maximum atomic E-state index is 12.3. The second kappa shape index (κ2) is 6.36. The minimum absolute atomic E-state index is 0.0686. The average Bonchev–Trinajstić information content (AvgIpc) is 3.12. The van der Waals surface area contributed by atoms with Crippen molar-refractivity contribution in [2.75, 3.05) is 7.11 Å². The minimum Gasteiger partial charge on any atom is -0.377 e. The molecule has 0 unspecified atom stereocenters. The van der Waals surface area contributed by atoms with Gasteiger partial charge in [0.05, 0.1) is 12.1 Å². The van der Waals surface area contributed by atoms with E-state index in [1.807, 2.05) is 5.38 Å². The molecule has 21 heavy (non-hydrogen) atoms. The molecular weight excluding hydrogens is 290 g/mol. The third-order valence-electron chi connectivity index (χ3n) is 3.49. The van der Waals surface area contributed by atoms with Gasteiger partial charge in [-0.15, -0.1) is 11.3 Å². The van der Waals surface area contributed by atoms with Gasteiger partial charge in [-0.2, -0.15) is 4.98 Å². The predicted octanol–water partition coefficient (Wildman–Crippen LogP) is 2.09. The second-order valence-electron chi connectivity index (χ2n) is 4.98. The fourth-order valence-corrected chi connectivity index (χ4v) is 3.61. The van der Waals surface area contributed by atoms with Crippen molar-refractivity contribution in [2.45, 2.75) is 38.8 Å². The molecule has 2 aromatic rings. The van der Waals surface area contributed by atoms with Crippen LogP contribution in [0.2, 0.25) is 0 Å². The molecule has 0 aliphatic heterocycles. The van der Waals surface area contributed by atoms with Gasteiger partial charge in [-0.05, 0) is 31.2 Å². The number of aromatic nitrogens is 2. The van der Waals surface area contributed by atoms with Crippen LogP contribution in [-0.2, 0) is 30.7 Å². The van der Waals surface area contributed by atoms with E-state index >= 15 is 0 Å². The van der Waals surface area contributed by atoms with Crippen LogP contribution in [0.5, 0.6) is 0 Å². The van der Waals surface area contributed by atoms with Crippen molar-refractivity contribution < 1.29 is 14.1 Å². The van der Waals surface area contributed by atoms with Crippen molar-refractivity contribution in [3.8, 4) is 0 Å². The zero-order chi connectivity index (χ0) is 14.7. The summed E-state index contributed by atoms with van der Waals surface area (Å²) in [5.41, 5.74) is 2.01. The van der Waals surface area contributed by atoms with Gasteiger partial charge in [0, 0.05) is 17.4 Å². The van der Waals surface area contributed by atoms with E-state index in [0.29, 0.717) is 18.3 Å². The van der Waals surface area contributed by atoms with E-state index in [9.17, 15) is 4.79 Å². The number of methoxy groups -OCH3 is 1. The highest BCUT2D eigenvalue weighted by molar-refractivity contribution is 7.10. The number of thiophene rings is 1. The summed E-state index contributed by atoms with van der Waals surface area (Å²) in [6.45, 7) is 0.537. The first-order valence-electron chi connectivity index (χ1n) is 6.95. The Bertz CT molecular complexity index is 635. The molecular formula is C14H17N3O3S. The summed E-state index contributed by atoms with van der Waals surface area (Å²) in [4.78, 5) is 17.7. The van der Waals surface area contributed by atoms with E-state index in [1.54, 1.807) is 18.4 Å². The molecule has 0 bridgehead atoms. The standard InChI is InChI=1S/C14H17N3O3S/c1-19-7-12-16-13(20-17-12)6-15-14(18)10-8-21-11-5-3-2-4-9(10)11/h8H,2-7H2,1H3,(H,15,18). The Balaban J connectivity index is 1.62. The van der Waals surface area contributed by atoms with E-state index in [2.05, 4.69) is 15.5 Å². The van der Waals surface area contributed by atoms with Gasteiger partial charge in [0.2, 0.25) is 5.89 Å². The molecule has 112 valence electrons. The van der Waals surface area contributed by atoms with Crippen molar-refractivity contribution in [2.24, 2.45) is 0 Å². The predicted molar refractivity (Wildman–Crippen MR) is 77.1 cm³/mol. The smallest absolute Gasteiger partial charge is 0.252 e. The molecule has 2 heterocycles. The highest BCUT2D eigenvalue weighted by atomic mass is 32.1. The van der Waals surface area contributed by atoms with E-state index in [0.717, 1.165) is 24.8 Å². The van der Waals surface area contributed by atoms with Crippen LogP contribution in [0.25, 0.3) is 0 Å². The van der Waals surface area contributed by atoms with Gasteiger partial charge >= 0.3 is 0 Å². The van der Waals surface area contributed by atoms with Gasteiger partial charge < -0.3 is 14.6 Å². The Kier molecular flexibility index (Phi) is 4.31. The average molecular weight is 307 g/mol. The molecule has 0 fully saturated rings. The lowest BCUT2D eigenvalue weighted by molar-refractivity contribution is 0.0945. The highest BCUT2D eigenvalue weighted by Gasteiger charge is 2.20. The molecule has 3 rings (SSSR count). The van der Waals surface area contributed by atoms with Crippen molar-refractivity contribution in [1.29, 1.82) is 0 Å².